The minimum Gasteiger partial charge on any atom is -0.403 e. The van der Waals surface area contributed by atoms with Gasteiger partial charge >= 0.3 is 0 Å². The van der Waals surface area contributed by atoms with Gasteiger partial charge in [0.15, 0.2) is 0 Å². The monoisotopic (exact) mass is 268 g/mol. The van der Waals surface area contributed by atoms with Crippen LogP contribution in [0.1, 0.15) is 33.6 Å². The summed E-state index contributed by atoms with van der Waals surface area (Å²) in [5.74, 6) is -0.302. The van der Waals surface area contributed by atoms with Crippen molar-refractivity contribution in [3.63, 3.8) is 0 Å². The second kappa shape index (κ2) is 10.1. The topological polar surface area (TPSA) is 96.6 Å². The number of hydrogen-bond acceptors (Lipinski definition) is 4. The van der Waals surface area contributed by atoms with Gasteiger partial charge < -0.3 is 16.4 Å². The minimum atomic E-state index is -0.223. The molecule has 0 heterocycles. The number of carbonyl (C=O) groups excluding carboxylic acids is 2. The Morgan fingerprint density at radius 3 is 2.42 bits per heavy atom. The van der Waals surface area contributed by atoms with Gasteiger partial charge in [-0.25, -0.2) is 0 Å². The maximum atomic E-state index is 11.8. The van der Waals surface area contributed by atoms with Crippen LogP contribution in [0.15, 0.2) is 17.4 Å². The summed E-state index contributed by atoms with van der Waals surface area (Å²) in [5.41, 5.74) is 5.63. The molecule has 0 aromatic rings. The molecule has 0 unspecified atom stereocenters. The molecule has 0 aromatic heterocycles. The Hall–Kier alpha value is -1.85. The van der Waals surface area contributed by atoms with Crippen LogP contribution >= 0.6 is 0 Å². The predicted molar refractivity (Wildman–Crippen MR) is 76.5 cm³/mol. The Balaban J connectivity index is 4.10. The highest BCUT2D eigenvalue weighted by Crippen LogP contribution is 1.94. The van der Waals surface area contributed by atoms with Crippen molar-refractivity contribution in [2.75, 3.05) is 13.1 Å². The first kappa shape index (κ1) is 17.2. The van der Waals surface area contributed by atoms with Crippen molar-refractivity contribution in [2.45, 2.75) is 33.6 Å². The molecule has 6 nitrogen and oxygen atoms in total. The van der Waals surface area contributed by atoms with Crippen LogP contribution in [0.3, 0.4) is 0 Å². The molecule has 0 saturated heterocycles. The molecule has 0 spiro atoms. The van der Waals surface area contributed by atoms with Gasteiger partial charge in [-0.2, -0.15) is 0 Å². The normalized spacial score (nSPS) is 11.9. The van der Waals surface area contributed by atoms with Crippen LogP contribution in [0.2, 0.25) is 0 Å². The highest BCUT2D eigenvalue weighted by Gasteiger charge is 2.09. The van der Waals surface area contributed by atoms with Gasteiger partial charge in [-0.1, -0.05) is 27.2 Å². The van der Waals surface area contributed by atoms with Crippen LogP contribution in [0.5, 0.6) is 0 Å². The Morgan fingerprint density at radius 1 is 1.26 bits per heavy atom. The van der Waals surface area contributed by atoms with Gasteiger partial charge in [0, 0.05) is 31.4 Å². The quantitative estimate of drug-likeness (QED) is 0.443. The third-order valence-corrected chi connectivity index (χ3v) is 2.30. The molecule has 0 saturated carbocycles. The van der Waals surface area contributed by atoms with E-state index in [0.29, 0.717) is 25.2 Å². The summed E-state index contributed by atoms with van der Waals surface area (Å²) >= 11 is 0. The van der Waals surface area contributed by atoms with Crippen LogP contribution in [-0.4, -0.2) is 30.6 Å². The van der Waals surface area contributed by atoms with E-state index < -0.39 is 0 Å². The number of carbonyl (C=O) groups is 2. The zero-order chi connectivity index (χ0) is 14.7. The van der Waals surface area contributed by atoms with Gasteiger partial charge in [-0.15, -0.1) is 0 Å². The lowest BCUT2D eigenvalue weighted by molar-refractivity contribution is -0.124. The number of nitrogens with two attached hydrogens (primary N) is 1. The lowest BCUT2D eigenvalue weighted by Gasteiger charge is -2.09. The molecule has 19 heavy (non-hydrogen) atoms. The average Bonchev–Trinajstić information content (AvgIpc) is 2.38. The van der Waals surface area contributed by atoms with Crippen molar-refractivity contribution in [1.82, 2.24) is 10.6 Å². The summed E-state index contributed by atoms with van der Waals surface area (Å²) in [5, 5.41) is 5.44. The smallest absolute Gasteiger partial charge is 0.265 e. The summed E-state index contributed by atoms with van der Waals surface area (Å²) in [7, 11) is 0. The molecule has 0 aromatic carbocycles. The second-order valence-corrected chi connectivity index (χ2v) is 4.37. The lowest BCUT2D eigenvalue weighted by Crippen LogP contribution is -2.38. The molecule has 0 aliphatic carbocycles. The van der Waals surface area contributed by atoms with Gasteiger partial charge in [0.2, 0.25) is 5.91 Å². The summed E-state index contributed by atoms with van der Waals surface area (Å²) in [6.07, 6.45) is 4.10. The van der Waals surface area contributed by atoms with Gasteiger partial charge in [0.25, 0.3) is 5.91 Å². The first-order chi connectivity index (χ1) is 9.02. The van der Waals surface area contributed by atoms with Gasteiger partial charge in [-0.05, 0) is 6.42 Å². The van der Waals surface area contributed by atoms with E-state index in [1.807, 2.05) is 20.8 Å². The zero-order valence-electron chi connectivity index (χ0n) is 11.9. The Kier molecular flexibility index (Phi) is 9.12. The van der Waals surface area contributed by atoms with E-state index in [2.05, 4.69) is 15.6 Å². The molecule has 0 aliphatic rings. The molecule has 6 heteroatoms. The maximum Gasteiger partial charge on any atom is 0.265 e. The zero-order valence-corrected chi connectivity index (χ0v) is 11.9. The van der Waals surface area contributed by atoms with E-state index >= 15 is 0 Å². The molecule has 0 rings (SSSR count). The van der Waals surface area contributed by atoms with Crippen LogP contribution in [0.25, 0.3) is 0 Å². The fourth-order valence-corrected chi connectivity index (χ4v) is 1.27. The largest absolute Gasteiger partial charge is 0.403 e. The van der Waals surface area contributed by atoms with Crippen LogP contribution < -0.4 is 16.4 Å². The SMILES string of the molecule is CCC/C(=N\C=C/N)C(=O)NCCNC(=O)C(C)C. The number of aliphatic imine (C=N–C) groups is 1. The van der Waals surface area contributed by atoms with Crippen molar-refractivity contribution in [1.29, 1.82) is 0 Å². The van der Waals surface area contributed by atoms with Gasteiger partial charge in [0.1, 0.15) is 5.71 Å². The fourth-order valence-electron chi connectivity index (χ4n) is 1.27. The summed E-state index contributed by atoms with van der Waals surface area (Å²) in [6, 6.07) is 0. The molecule has 2 amide bonds. The van der Waals surface area contributed by atoms with Crippen molar-refractivity contribution < 1.29 is 9.59 Å². The molecule has 0 fully saturated rings. The Labute approximate surface area is 114 Å². The highest BCUT2D eigenvalue weighted by atomic mass is 16.2. The molecule has 0 atom stereocenters. The van der Waals surface area contributed by atoms with Crippen molar-refractivity contribution in [3.05, 3.63) is 12.4 Å². The van der Waals surface area contributed by atoms with Crippen molar-refractivity contribution in [3.8, 4) is 0 Å². The first-order valence-corrected chi connectivity index (χ1v) is 6.52. The van der Waals surface area contributed by atoms with Crippen LogP contribution in [0.4, 0.5) is 0 Å². The first-order valence-electron chi connectivity index (χ1n) is 6.52. The van der Waals surface area contributed by atoms with Gasteiger partial charge in [0.05, 0.1) is 0 Å². The van der Waals surface area contributed by atoms with Crippen molar-refractivity contribution >= 4 is 17.5 Å². The summed E-state index contributed by atoms with van der Waals surface area (Å²) in [6.45, 7) is 6.40. The van der Waals surface area contributed by atoms with Gasteiger partial charge in [-0.3, -0.25) is 14.6 Å². The summed E-state index contributed by atoms with van der Waals surface area (Å²) in [4.78, 5) is 27.1. The minimum absolute atomic E-state index is 0.0252. The van der Waals surface area contributed by atoms with Crippen molar-refractivity contribution in [2.24, 2.45) is 16.6 Å². The Bertz CT molecular complexity index is 349. The van der Waals surface area contributed by atoms with E-state index in [1.54, 1.807) is 0 Å². The predicted octanol–water partition coefficient (Wildman–Crippen LogP) is 0.546. The molecule has 4 N–H and O–H groups in total. The van der Waals surface area contributed by atoms with E-state index in [4.69, 9.17) is 5.73 Å². The Morgan fingerprint density at radius 2 is 1.89 bits per heavy atom. The van der Waals surface area contributed by atoms with E-state index in [0.717, 1.165) is 6.42 Å². The molecule has 0 radical (unpaired) electrons. The third-order valence-electron chi connectivity index (χ3n) is 2.30. The van der Waals surface area contributed by atoms with Crippen LogP contribution in [0, 0.1) is 5.92 Å². The van der Waals surface area contributed by atoms with E-state index in [1.165, 1.54) is 12.4 Å². The van der Waals surface area contributed by atoms with E-state index in [9.17, 15) is 9.59 Å². The molecule has 0 bridgehead atoms. The number of nitrogens with one attached hydrogen (secondary N) is 2. The number of hydrogen-bond donors (Lipinski definition) is 3. The standard InChI is InChI=1S/C13H24N4O2/c1-4-5-11(15-7-6-14)13(19)17-9-8-16-12(18)10(2)3/h6-7,10H,4-5,8-9,14H2,1-3H3,(H,16,18)(H,17,19)/b7-6-,15-11+. The number of amides is 2. The lowest BCUT2D eigenvalue weighted by atomic mass is 10.2. The molecular formula is C13H24N4O2. The number of nitrogens with zero attached hydrogens (tertiary/aromatic N) is 1. The fraction of sp³-hybridized carbons (Fsp3) is 0.615. The average molecular weight is 268 g/mol. The summed E-state index contributed by atoms with van der Waals surface area (Å²) < 4.78 is 0. The van der Waals surface area contributed by atoms with E-state index in [-0.39, 0.29) is 17.7 Å². The maximum absolute atomic E-state index is 11.8. The number of rotatable bonds is 8. The molecule has 108 valence electrons. The molecule has 0 aliphatic heterocycles. The highest BCUT2D eigenvalue weighted by molar-refractivity contribution is 6.39. The third kappa shape index (κ3) is 7.96. The van der Waals surface area contributed by atoms with Crippen LogP contribution in [-0.2, 0) is 9.59 Å². The second-order valence-electron chi connectivity index (χ2n) is 4.37. The molecular weight excluding hydrogens is 244 g/mol.